The van der Waals surface area contributed by atoms with E-state index in [-0.39, 0.29) is 12.2 Å². The first kappa shape index (κ1) is 21.9. The van der Waals surface area contributed by atoms with Crippen molar-refractivity contribution in [3.63, 3.8) is 0 Å². The van der Waals surface area contributed by atoms with E-state index >= 15 is 0 Å². The molecular formula is C21H21ClN2O5S. The summed E-state index contributed by atoms with van der Waals surface area (Å²) in [6.07, 6.45) is 0. The summed E-state index contributed by atoms with van der Waals surface area (Å²) in [5.41, 5.74) is 1.64. The van der Waals surface area contributed by atoms with Crippen LogP contribution in [0.2, 0.25) is 5.02 Å². The van der Waals surface area contributed by atoms with Crippen molar-refractivity contribution in [3.05, 3.63) is 70.6 Å². The minimum atomic E-state index is -3.74. The molecule has 0 spiro atoms. The highest BCUT2D eigenvalue weighted by atomic mass is 35.5. The van der Waals surface area contributed by atoms with Crippen LogP contribution in [-0.4, -0.2) is 32.2 Å². The number of nitrogens with zero attached hydrogens (tertiary/aromatic N) is 1. The molecule has 3 rings (SSSR count). The Morgan fingerprint density at radius 1 is 1.20 bits per heavy atom. The number of aryl methyl sites for hydroxylation is 1. The monoisotopic (exact) mass is 448 g/mol. The number of carbonyl (C=O) groups is 1. The topological polar surface area (TPSA) is 98.5 Å². The molecule has 7 nitrogen and oxygen atoms in total. The molecule has 3 aromatic rings. The molecule has 0 aliphatic rings. The number of carbonyl (C=O) groups excluding carboxylic acids is 1. The molecular weight excluding hydrogens is 428 g/mol. The molecule has 0 radical (unpaired) electrons. The molecule has 0 bridgehead atoms. The summed E-state index contributed by atoms with van der Waals surface area (Å²) in [5.74, 6) is -0.353. The van der Waals surface area contributed by atoms with Gasteiger partial charge in [-0.1, -0.05) is 35.9 Å². The van der Waals surface area contributed by atoms with Gasteiger partial charge in [-0.2, -0.15) is 0 Å². The minimum Gasteiger partial charge on any atom is -0.497 e. The van der Waals surface area contributed by atoms with Crippen molar-refractivity contribution in [1.82, 2.24) is 10.3 Å². The third kappa shape index (κ3) is 5.61. The first-order valence-corrected chi connectivity index (χ1v) is 11.3. The van der Waals surface area contributed by atoms with Crippen LogP contribution in [0.1, 0.15) is 17.0 Å². The number of aromatic nitrogens is 1. The Bertz CT molecular complexity index is 1160. The van der Waals surface area contributed by atoms with Crippen molar-refractivity contribution in [2.45, 2.75) is 19.2 Å². The first-order valence-electron chi connectivity index (χ1n) is 9.08. The third-order valence-electron chi connectivity index (χ3n) is 4.35. The van der Waals surface area contributed by atoms with E-state index in [9.17, 15) is 13.2 Å². The molecule has 0 unspecified atom stereocenters. The molecule has 1 aromatic heterocycles. The van der Waals surface area contributed by atoms with Crippen LogP contribution in [0.15, 0.2) is 52.9 Å². The number of oxazole rings is 1. The van der Waals surface area contributed by atoms with Crippen molar-refractivity contribution >= 4 is 27.3 Å². The van der Waals surface area contributed by atoms with E-state index in [4.69, 9.17) is 20.8 Å². The Morgan fingerprint density at radius 3 is 2.70 bits per heavy atom. The maximum atomic E-state index is 12.5. The number of halogens is 1. The van der Waals surface area contributed by atoms with Crippen molar-refractivity contribution in [2.24, 2.45) is 0 Å². The smallest absolute Gasteiger partial charge is 0.235 e. The molecule has 0 aliphatic carbocycles. The standard InChI is InChI=1S/C21H21ClN2O5S/c1-14-19(24-21(29-14)15-7-5-8-17(10-15)28-2)12-30(26,27)13-20(25)23-11-16-6-3-4-9-18(16)22/h3-10H,11-13H2,1-2H3,(H,23,25). The van der Waals surface area contributed by atoms with Crippen LogP contribution in [-0.2, 0) is 26.9 Å². The molecule has 30 heavy (non-hydrogen) atoms. The van der Waals surface area contributed by atoms with E-state index < -0.39 is 27.3 Å². The van der Waals surface area contributed by atoms with Gasteiger partial charge in [0, 0.05) is 17.1 Å². The summed E-state index contributed by atoms with van der Waals surface area (Å²) in [5, 5.41) is 3.08. The van der Waals surface area contributed by atoms with Gasteiger partial charge in [0.05, 0.1) is 18.6 Å². The van der Waals surface area contributed by atoms with E-state index in [2.05, 4.69) is 10.3 Å². The molecule has 2 aromatic carbocycles. The average molecular weight is 449 g/mol. The lowest BCUT2D eigenvalue weighted by Gasteiger charge is -2.07. The Kier molecular flexibility index (Phi) is 6.79. The predicted octanol–water partition coefficient (Wildman–Crippen LogP) is 3.54. The van der Waals surface area contributed by atoms with Crippen molar-refractivity contribution < 1.29 is 22.4 Å². The Hall–Kier alpha value is -2.84. The molecule has 0 fully saturated rings. The normalized spacial score (nSPS) is 11.3. The van der Waals surface area contributed by atoms with Gasteiger partial charge in [-0.3, -0.25) is 4.79 Å². The molecule has 9 heteroatoms. The number of rotatable bonds is 8. The van der Waals surface area contributed by atoms with Crippen LogP contribution in [0.3, 0.4) is 0 Å². The van der Waals surface area contributed by atoms with Gasteiger partial charge in [-0.25, -0.2) is 13.4 Å². The second-order valence-corrected chi connectivity index (χ2v) is 9.13. The SMILES string of the molecule is COc1cccc(-c2nc(CS(=O)(=O)CC(=O)NCc3ccccc3Cl)c(C)o2)c1. The number of hydrogen-bond donors (Lipinski definition) is 1. The number of benzene rings is 2. The molecule has 158 valence electrons. The van der Waals surface area contributed by atoms with Gasteiger partial charge in [0.1, 0.15) is 17.3 Å². The summed E-state index contributed by atoms with van der Waals surface area (Å²) >= 11 is 6.04. The van der Waals surface area contributed by atoms with Crippen LogP contribution in [0, 0.1) is 6.92 Å². The number of amides is 1. The fourth-order valence-electron chi connectivity index (χ4n) is 2.79. The summed E-state index contributed by atoms with van der Waals surface area (Å²) in [6, 6.07) is 14.1. The molecule has 0 saturated heterocycles. The maximum absolute atomic E-state index is 12.5. The number of hydrogen-bond acceptors (Lipinski definition) is 6. The van der Waals surface area contributed by atoms with Crippen LogP contribution >= 0.6 is 11.6 Å². The fourth-order valence-corrected chi connectivity index (χ4v) is 4.28. The highest BCUT2D eigenvalue weighted by molar-refractivity contribution is 7.91. The van der Waals surface area contributed by atoms with Crippen molar-refractivity contribution in [1.29, 1.82) is 0 Å². The van der Waals surface area contributed by atoms with E-state index in [0.717, 1.165) is 0 Å². The summed E-state index contributed by atoms with van der Waals surface area (Å²) in [4.78, 5) is 16.4. The lowest BCUT2D eigenvalue weighted by Crippen LogP contribution is -2.30. The highest BCUT2D eigenvalue weighted by Crippen LogP contribution is 2.26. The van der Waals surface area contributed by atoms with Gasteiger partial charge in [0.15, 0.2) is 9.84 Å². The van der Waals surface area contributed by atoms with E-state index in [1.54, 1.807) is 62.6 Å². The number of nitrogens with one attached hydrogen (secondary N) is 1. The first-order chi connectivity index (χ1) is 14.3. The zero-order valence-electron chi connectivity index (χ0n) is 16.5. The fraction of sp³-hybridized carbons (Fsp3) is 0.238. The Balaban J connectivity index is 1.65. The lowest BCUT2D eigenvalue weighted by atomic mass is 10.2. The lowest BCUT2D eigenvalue weighted by molar-refractivity contribution is -0.118. The highest BCUT2D eigenvalue weighted by Gasteiger charge is 2.22. The van der Waals surface area contributed by atoms with E-state index in [1.165, 1.54) is 0 Å². The maximum Gasteiger partial charge on any atom is 0.235 e. The predicted molar refractivity (Wildman–Crippen MR) is 114 cm³/mol. The largest absolute Gasteiger partial charge is 0.497 e. The van der Waals surface area contributed by atoms with Gasteiger partial charge in [-0.15, -0.1) is 0 Å². The van der Waals surface area contributed by atoms with Crippen molar-refractivity contribution in [3.8, 4) is 17.2 Å². The third-order valence-corrected chi connectivity index (χ3v) is 6.13. The number of ether oxygens (including phenoxy) is 1. The summed E-state index contributed by atoms with van der Waals surface area (Å²) in [6.45, 7) is 1.79. The van der Waals surface area contributed by atoms with Crippen molar-refractivity contribution in [2.75, 3.05) is 12.9 Å². The molecule has 0 aliphatic heterocycles. The molecule has 1 amide bonds. The van der Waals surface area contributed by atoms with Gasteiger partial charge >= 0.3 is 0 Å². The van der Waals surface area contributed by atoms with E-state index in [1.807, 2.05) is 0 Å². The van der Waals surface area contributed by atoms with Gasteiger partial charge in [0.25, 0.3) is 0 Å². The Labute approximate surface area is 180 Å². The molecule has 0 saturated carbocycles. The van der Waals surface area contributed by atoms with Crippen LogP contribution in [0.4, 0.5) is 0 Å². The van der Waals surface area contributed by atoms with Crippen LogP contribution in [0.25, 0.3) is 11.5 Å². The second kappa shape index (κ2) is 9.32. The average Bonchev–Trinajstić information content (AvgIpc) is 3.06. The van der Waals surface area contributed by atoms with Crippen LogP contribution in [0.5, 0.6) is 5.75 Å². The van der Waals surface area contributed by atoms with Gasteiger partial charge in [-0.05, 0) is 36.8 Å². The molecule has 0 atom stereocenters. The van der Waals surface area contributed by atoms with Gasteiger partial charge < -0.3 is 14.5 Å². The zero-order valence-corrected chi connectivity index (χ0v) is 18.1. The quantitative estimate of drug-likeness (QED) is 0.566. The van der Waals surface area contributed by atoms with E-state index in [0.29, 0.717) is 33.6 Å². The van der Waals surface area contributed by atoms with Gasteiger partial charge in [0.2, 0.25) is 11.8 Å². The number of methoxy groups -OCH3 is 1. The summed E-state index contributed by atoms with van der Waals surface area (Å²) < 4.78 is 35.8. The zero-order chi connectivity index (χ0) is 21.7. The molecule has 1 N–H and O–H groups in total. The molecule has 1 heterocycles. The summed E-state index contributed by atoms with van der Waals surface area (Å²) in [7, 11) is -2.19. The van der Waals surface area contributed by atoms with Crippen LogP contribution < -0.4 is 10.1 Å². The minimum absolute atomic E-state index is 0.150. The Morgan fingerprint density at radius 2 is 1.97 bits per heavy atom. The second-order valence-electron chi connectivity index (χ2n) is 6.65. The number of sulfone groups is 1.